The van der Waals surface area contributed by atoms with Crippen molar-refractivity contribution in [2.45, 2.75) is 6.16 Å². The van der Waals surface area contributed by atoms with Crippen molar-refractivity contribution in [1.82, 2.24) is 0 Å². The van der Waals surface area contributed by atoms with Crippen LogP contribution in [0, 0.1) is 0 Å². The second-order valence-electron chi connectivity index (χ2n) is 13.0. The zero-order valence-corrected chi connectivity index (χ0v) is 30.9. The van der Waals surface area contributed by atoms with Crippen LogP contribution in [0.2, 0.25) is 0 Å². The molecule has 0 saturated heterocycles. The summed E-state index contributed by atoms with van der Waals surface area (Å²) in [5.74, 6) is 0. The third kappa shape index (κ3) is 7.30. The predicted molar refractivity (Wildman–Crippen MR) is 225 cm³/mol. The summed E-state index contributed by atoms with van der Waals surface area (Å²) < 4.78 is 5.77. The lowest BCUT2D eigenvalue weighted by Crippen LogP contribution is -2.74. The van der Waals surface area contributed by atoms with Gasteiger partial charge in [0.25, 0.3) is 13.1 Å². The van der Waals surface area contributed by atoms with E-state index < -0.39 is 20.3 Å². The van der Waals surface area contributed by atoms with Crippen LogP contribution in [0.1, 0.15) is 5.56 Å². The highest BCUT2D eigenvalue weighted by molar-refractivity contribution is 7.95. The molecule has 0 bridgehead atoms. The summed E-state index contributed by atoms with van der Waals surface area (Å²) in [5.41, 5.74) is 1.39. The molecule has 0 aliphatic heterocycles. The lowest BCUT2D eigenvalue weighted by molar-refractivity contribution is 1.39. The SMILES string of the molecule is c1cc[c]([Al-]([c]2ccccc2)([c]2ccccc2)[c]2ccccc2)cc1.c1ccc(C[P+](c2ccccc2)(c2ccccc2)c2ccccc2)cc1. The van der Waals surface area contributed by atoms with Crippen LogP contribution in [-0.4, -0.2) is 13.1 Å². The van der Waals surface area contributed by atoms with Gasteiger partial charge in [-0.2, -0.15) is 0 Å². The Morgan fingerprint density at radius 2 is 0.471 bits per heavy atom. The molecule has 0 aliphatic carbocycles. The molecule has 0 heterocycles. The van der Waals surface area contributed by atoms with Crippen molar-refractivity contribution in [2.24, 2.45) is 0 Å². The predicted octanol–water partition coefficient (Wildman–Crippen LogP) is 8.24. The van der Waals surface area contributed by atoms with E-state index >= 15 is 0 Å². The van der Waals surface area contributed by atoms with Crippen LogP contribution in [0.15, 0.2) is 243 Å². The van der Waals surface area contributed by atoms with Crippen LogP contribution in [0.25, 0.3) is 0 Å². The first-order chi connectivity index (χ1) is 25.3. The largest absolute Gasteiger partial charge is 0.266 e. The molecule has 0 spiro atoms. The van der Waals surface area contributed by atoms with Crippen molar-refractivity contribution >= 4 is 54.0 Å². The first kappa shape index (κ1) is 34.2. The second kappa shape index (κ2) is 16.6. The highest BCUT2D eigenvalue weighted by Crippen LogP contribution is 2.58. The van der Waals surface area contributed by atoms with Gasteiger partial charge in [-0.15, -0.1) is 48.5 Å². The molecule has 0 N–H and O–H groups in total. The van der Waals surface area contributed by atoms with Crippen molar-refractivity contribution < 1.29 is 0 Å². The van der Waals surface area contributed by atoms with E-state index in [9.17, 15) is 0 Å². The van der Waals surface area contributed by atoms with Crippen LogP contribution in [-0.2, 0) is 6.16 Å². The van der Waals surface area contributed by atoms with Crippen molar-refractivity contribution in [3.05, 3.63) is 248 Å². The Kier molecular flexibility index (Phi) is 11.1. The van der Waals surface area contributed by atoms with E-state index in [1.54, 1.807) is 0 Å². The molecule has 0 atom stereocenters. The summed E-state index contributed by atoms with van der Waals surface area (Å²) in [7, 11) is -1.78. The van der Waals surface area contributed by atoms with Gasteiger partial charge in [-0.3, -0.25) is 0 Å². The Hall–Kier alpha value is -5.28. The van der Waals surface area contributed by atoms with Gasteiger partial charge in [0.05, 0.1) is 6.16 Å². The molecule has 0 unspecified atom stereocenters. The summed E-state index contributed by atoms with van der Waals surface area (Å²) in [6, 6.07) is 88.2. The van der Waals surface area contributed by atoms with E-state index in [2.05, 4.69) is 243 Å². The van der Waals surface area contributed by atoms with Crippen LogP contribution in [0.4, 0.5) is 0 Å². The Labute approximate surface area is 306 Å². The van der Waals surface area contributed by atoms with Crippen LogP contribution in [0.3, 0.4) is 0 Å². The van der Waals surface area contributed by atoms with Gasteiger partial charge in [-0.25, -0.2) is 17.7 Å². The lowest BCUT2D eigenvalue weighted by atomic mass is 10.2. The fraction of sp³-hybridized carbons (Fsp3) is 0.0204. The molecule has 0 aromatic heterocycles. The quantitative estimate of drug-likeness (QED) is 0.106. The van der Waals surface area contributed by atoms with Gasteiger partial charge in [0, 0.05) is 0 Å². The van der Waals surface area contributed by atoms with Crippen molar-refractivity contribution in [1.29, 1.82) is 0 Å². The summed E-state index contributed by atoms with van der Waals surface area (Å²) in [6.07, 6.45) is 1.03. The van der Waals surface area contributed by atoms with Gasteiger partial charge in [0.2, 0.25) is 0 Å². The average Bonchev–Trinajstić information content (AvgIpc) is 3.23. The lowest BCUT2D eigenvalue weighted by Gasteiger charge is -2.40. The third-order valence-electron chi connectivity index (χ3n) is 10.1. The smallest absolute Gasteiger partial charge is 0.218 e. The number of benzene rings is 8. The summed E-state index contributed by atoms with van der Waals surface area (Å²) in [6.45, 7) is 0. The molecule has 0 saturated carbocycles. The number of hydrogen-bond donors (Lipinski definition) is 0. The maximum absolute atomic E-state index is 2.69. The zero-order valence-electron chi connectivity index (χ0n) is 28.8. The van der Waals surface area contributed by atoms with Gasteiger partial charge < -0.3 is 0 Å². The monoisotopic (exact) mass is 688 g/mol. The van der Waals surface area contributed by atoms with E-state index in [4.69, 9.17) is 0 Å². The maximum Gasteiger partial charge on any atom is 0.266 e. The van der Waals surface area contributed by atoms with E-state index in [0.717, 1.165) is 6.16 Å². The molecule has 2 heteroatoms. The van der Waals surface area contributed by atoms with Crippen LogP contribution >= 0.6 is 7.26 Å². The molecular weight excluding hydrogens is 646 g/mol. The molecule has 0 radical (unpaired) electrons. The first-order valence-corrected chi connectivity index (χ1v) is 22.1. The van der Waals surface area contributed by atoms with E-state index in [0.29, 0.717) is 0 Å². The molecule has 0 amide bonds. The fourth-order valence-electron chi connectivity index (χ4n) is 7.75. The summed E-state index contributed by atoms with van der Waals surface area (Å²) in [4.78, 5) is 0. The van der Waals surface area contributed by atoms with Crippen molar-refractivity contribution in [3.8, 4) is 0 Å². The minimum Gasteiger partial charge on any atom is -0.218 e. The molecule has 8 rings (SSSR count). The fourth-order valence-corrected chi connectivity index (χ4v) is 17.5. The number of hydrogen-bond acceptors (Lipinski definition) is 0. The van der Waals surface area contributed by atoms with E-state index in [1.807, 2.05) is 0 Å². The normalized spacial score (nSPS) is 11.2. The standard InChI is InChI=1S/C25H22P.4C6H5.Al/c1-5-13-22(14-6-1)21-26(23-15-7-2-8-16-23,24-17-9-3-10-18-24)25-19-11-4-12-20-25;4*1-2-4-6-5-3-1;/h1-20H,21H2;4*1-5H;/q+1;;;;;-1. The minimum absolute atomic E-state index is 1.03. The Morgan fingerprint density at radius 3 is 0.725 bits per heavy atom. The summed E-state index contributed by atoms with van der Waals surface area (Å²) >= 11 is -2.69. The van der Waals surface area contributed by atoms with Gasteiger partial charge >= 0.3 is 0 Å². The Balaban J connectivity index is 0.000000159. The van der Waals surface area contributed by atoms with E-state index in [1.165, 1.54) is 39.2 Å². The van der Waals surface area contributed by atoms with Crippen molar-refractivity contribution in [2.75, 3.05) is 0 Å². The van der Waals surface area contributed by atoms with Crippen molar-refractivity contribution in [3.63, 3.8) is 0 Å². The molecular formula is C49H42AlP. The number of rotatable bonds is 9. The highest BCUT2D eigenvalue weighted by Gasteiger charge is 2.45. The van der Waals surface area contributed by atoms with Gasteiger partial charge in [0.1, 0.15) is 23.2 Å². The van der Waals surface area contributed by atoms with Gasteiger partial charge in [-0.1, -0.05) is 158 Å². The Bertz CT molecular complexity index is 1920. The first-order valence-electron chi connectivity index (χ1n) is 17.8. The molecule has 8 aromatic rings. The molecule has 51 heavy (non-hydrogen) atoms. The highest BCUT2D eigenvalue weighted by atomic mass is 31.2. The molecule has 8 aromatic carbocycles. The summed E-state index contributed by atoms with van der Waals surface area (Å²) in [5, 5.41) is 4.30. The second-order valence-corrected chi connectivity index (χ2v) is 20.9. The minimum atomic E-state index is -2.69. The third-order valence-corrected chi connectivity index (χ3v) is 20.0. The van der Waals surface area contributed by atoms with Gasteiger partial charge in [0.15, 0.2) is 0 Å². The topological polar surface area (TPSA) is 0 Å². The van der Waals surface area contributed by atoms with Crippen LogP contribution in [0.5, 0.6) is 0 Å². The molecule has 0 nitrogen and oxygen atoms in total. The molecule has 246 valence electrons. The molecule has 0 fully saturated rings. The Morgan fingerprint density at radius 1 is 0.255 bits per heavy atom. The zero-order chi connectivity index (χ0) is 34.6. The van der Waals surface area contributed by atoms with Gasteiger partial charge in [-0.05, 0) is 42.0 Å². The molecule has 0 aliphatic rings. The van der Waals surface area contributed by atoms with E-state index in [-0.39, 0.29) is 0 Å². The maximum atomic E-state index is 2.30. The average molecular weight is 689 g/mol. The van der Waals surface area contributed by atoms with Crippen LogP contribution < -0.4 is 33.6 Å².